The average Bonchev–Trinajstić information content (AvgIpc) is 3.21. The van der Waals surface area contributed by atoms with Gasteiger partial charge in [-0.2, -0.15) is 9.40 Å². The summed E-state index contributed by atoms with van der Waals surface area (Å²) < 4.78 is 28.7. The summed E-state index contributed by atoms with van der Waals surface area (Å²) in [5, 5.41) is 7.16. The Morgan fingerprint density at radius 2 is 1.87 bits per heavy atom. The first-order chi connectivity index (χ1) is 14.9. The van der Waals surface area contributed by atoms with Crippen LogP contribution in [0.25, 0.3) is 0 Å². The Morgan fingerprint density at radius 1 is 1.13 bits per heavy atom. The van der Waals surface area contributed by atoms with Gasteiger partial charge in [0.2, 0.25) is 15.9 Å². The first-order valence-corrected chi connectivity index (χ1v) is 11.6. The van der Waals surface area contributed by atoms with Crippen LogP contribution < -0.4 is 5.32 Å². The second-order valence-electron chi connectivity index (χ2n) is 7.21. The van der Waals surface area contributed by atoms with Crippen molar-refractivity contribution in [3.63, 3.8) is 0 Å². The van der Waals surface area contributed by atoms with Crippen molar-refractivity contribution in [2.45, 2.75) is 24.3 Å². The third-order valence-corrected chi connectivity index (χ3v) is 7.50. The molecule has 0 aromatic carbocycles. The van der Waals surface area contributed by atoms with Crippen LogP contribution >= 0.6 is 11.6 Å². The van der Waals surface area contributed by atoms with Crippen molar-refractivity contribution in [2.75, 3.05) is 18.4 Å². The van der Waals surface area contributed by atoms with Crippen molar-refractivity contribution in [3.05, 3.63) is 65.8 Å². The predicted molar refractivity (Wildman–Crippen MR) is 115 cm³/mol. The summed E-state index contributed by atoms with van der Waals surface area (Å²) in [6.45, 7) is 1.05. The van der Waals surface area contributed by atoms with Crippen molar-refractivity contribution in [1.82, 2.24) is 24.1 Å². The van der Waals surface area contributed by atoms with Crippen LogP contribution in [0.5, 0.6) is 0 Å². The molecular formula is C20H21ClN6O3S. The van der Waals surface area contributed by atoms with Gasteiger partial charge >= 0.3 is 0 Å². The van der Waals surface area contributed by atoms with Gasteiger partial charge in [-0.05, 0) is 42.7 Å². The molecule has 0 unspecified atom stereocenters. The molecule has 1 N–H and O–H groups in total. The maximum Gasteiger partial charge on any atom is 0.246 e. The number of nitrogens with one attached hydrogen (secondary N) is 1. The molecule has 0 atom stereocenters. The van der Waals surface area contributed by atoms with E-state index in [-0.39, 0.29) is 35.0 Å². The first kappa shape index (κ1) is 21.4. The lowest BCUT2D eigenvalue weighted by Gasteiger charge is -2.30. The van der Waals surface area contributed by atoms with Gasteiger partial charge in [-0.3, -0.25) is 14.5 Å². The lowest BCUT2D eigenvalue weighted by atomic mass is 9.97. The summed E-state index contributed by atoms with van der Waals surface area (Å²) in [4.78, 5) is 20.5. The van der Waals surface area contributed by atoms with Crippen LogP contribution in [0.4, 0.5) is 5.82 Å². The molecular weight excluding hydrogens is 440 g/mol. The summed E-state index contributed by atoms with van der Waals surface area (Å²) >= 11 is 5.96. The molecule has 0 radical (unpaired) electrons. The summed E-state index contributed by atoms with van der Waals surface area (Å²) in [5.74, 6) is 0.0167. The van der Waals surface area contributed by atoms with Crippen LogP contribution in [0.2, 0.25) is 5.15 Å². The number of aromatic nitrogens is 4. The van der Waals surface area contributed by atoms with Gasteiger partial charge in [-0.25, -0.2) is 13.4 Å². The Balaban J connectivity index is 1.33. The van der Waals surface area contributed by atoms with E-state index < -0.39 is 10.0 Å². The topological polar surface area (TPSA) is 110 Å². The Labute approximate surface area is 185 Å². The number of sulfonamides is 1. The maximum absolute atomic E-state index is 12.8. The standard InChI is InChI=1S/C20H21ClN6O3S/c21-19-17(2-1-8-23-19)31(29,30)27-12-5-16(6-13-27)20(28)24-18-7-11-26(25-18)14-15-3-9-22-10-4-15/h1-4,7-11,16H,5-6,12-14H2,(H,24,25,28). The van der Waals surface area contributed by atoms with E-state index >= 15 is 0 Å². The SMILES string of the molecule is O=C(Nc1ccn(Cc2ccncc2)n1)C1CCN(S(=O)(=O)c2cccnc2Cl)CC1. The zero-order chi connectivity index (χ0) is 21.8. The Kier molecular flexibility index (Phi) is 6.30. The largest absolute Gasteiger partial charge is 0.309 e. The molecule has 11 heteroatoms. The highest BCUT2D eigenvalue weighted by atomic mass is 35.5. The molecule has 0 bridgehead atoms. The van der Waals surface area contributed by atoms with E-state index in [0.29, 0.717) is 25.2 Å². The van der Waals surface area contributed by atoms with E-state index in [1.54, 1.807) is 29.3 Å². The van der Waals surface area contributed by atoms with Crippen LogP contribution in [0.1, 0.15) is 18.4 Å². The van der Waals surface area contributed by atoms with Crippen molar-refractivity contribution in [2.24, 2.45) is 5.92 Å². The number of halogens is 1. The molecule has 0 spiro atoms. The number of carbonyl (C=O) groups excluding carboxylic acids is 1. The van der Waals surface area contributed by atoms with Crippen LogP contribution in [-0.4, -0.2) is 51.5 Å². The number of hydrogen-bond acceptors (Lipinski definition) is 6. The van der Waals surface area contributed by atoms with Gasteiger partial charge in [-0.1, -0.05) is 11.6 Å². The van der Waals surface area contributed by atoms with E-state index in [4.69, 9.17) is 11.6 Å². The second kappa shape index (κ2) is 9.13. The molecule has 4 heterocycles. The fourth-order valence-electron chi connectivity index (χ4n) is 3.48. The number of anilines is 1. The summed E-state index contributed by atoms with van der Waals surface area (Å²) in [7, 11) is -3.74. The number of hydrogen-bond donors (Lipinski definition) is 1. The number of amides is 1. The van der Waals surface area contributed by atoms with Crippen LogP contribution in [0.3, 0.4) is 0 Å². The van der Waals surface area contributed by atoms with Gasteiger partial charge in [0.05, 0.1) is 6.54 Å². The van der Waals surface area contributed by atoms with Gasteiger partial charge in [0.25, 0.3) is 0 Å². The van der Waals surface area contributed by atoms with Gasteiger partial charge in [0.1, 0.15) is 10.0 Å². The third-order valence-electron chi connectivity index (χ3n) is 5.15. The number of nitrogens with zero attached hydrogens (tertiary/aromatic N) is 5. The van der Waals surface area contributed by atoms with Crippen LogP contribution in [0, 0.1) is 5.92 Å². The molecule has 1 saturated heterocycles. The molecule has 1 aliphatic rings. The van der Waals surface area contributed by atoms with Gasteiger partial charge in [-0.15, -0.1) is 0 Å². The minimum Gasteiger partial charge on any atom is -0.309 e. The Bertz CT molecular complexity index is 1160. The highest BCUT2D eigenvalue weighted by Gasteiger charge is 2.33. The van der Waals surface area contributed by atoms with Gasteiger partial charge < -0.3 is 5.32 Å². The van der Waals surface area contributed by atoms with Crippen molar-refractivity contribution < 1.29 is 13.2 Å². The number of pyridine rings is 2. The normalized spacial score (nSPS) is 15.6. The van der Waals surface area contributed by atoms with Gasteiger partial charge in [0, 0.05) is 49.9 Å². The number of carbonyl (C=O) groups is 1. The molecule has 162 valence electrons. The first-order valence-electron chi connectivity index (χ1n) is 9.77. The van der Waals surface area contributed by atoms with E-state index in [1.807, 2.05) is 12.1 Å². The third kappa shape index (κ3) is 4.92. The fourth-order valence-corrected chi connectivity index (χ4v) is 5.38. The molecule has 9 nitrogen and oxygen atoms in total. The van der Waals surface area contributed by atoms with E-state index in [9.17, 15) is 13.2 Å². The molecule has 0 aliphatic carbocycles. The average molecular weight is 461 g/mol. The number of piperidine rings is 1. The molecule has 3 aromatic rings. The van der Waals surface area contributed by atoms with E-state index in [2.05, 4.69) is 20.4 Å². The molecule has 4 rings (SSSR count). The molecule has 1 fully saturated rings. The summed E-state index contributed by atoms with van der Waals surface area (Å²) in [6.07, 6.45) is 7.51. The minimum absolute atomic E-state index is 0.0145. The summed E-state index contributed by atoms with van der Waals surface area (Å²) in [5.41, 5.74) is 1.05. The highest BCUT2D eigenvalue weighted by Crippen LogP contribution is 2.27. The quantitative estimate of drug-likeness (QED) is 0.565. The minimum atomic E-state index is -3.74. The smallest absolute Gasteiger partial charge is 0.246 e. The van der Waals surface area contributed by atoms with Crippen molar-refractivity contribution in [1.29, 1.82) is 0 Å². The van der Waals surface area contributed by atoms with Crippen LogP contribution in [-0.2, 0) is 21.4 Å². The zero-order valence-electron chi connectivity index (χ0n) is 16.6. The molecule has 31 heavy (non-hydrogen) atoms. The maximum atomic E-state index is 12.8. The Morgan fingerprint density at radius 3 is 2.58 bits per heavy atom. The van der Waals surface area contributed by atoms with Crippen LogP contribution in [0.15, 0.2) is 60.0 Å². The predicted octanol–water partition coefficient (Wildman–Crippen LogP) is 2.41. The lowest BCUT2D eigenvalue weighted by Crippen LogP contribution is -2.41. The van der Waals surface area contributed by atoms with E-state index in [0.717, 1.165) is 5.56 Å². The number of rotatable bonds is 6. The second-order valence-corrected chi connectivity index (χ2v) is 9.48. The Hall–Kier alpha value is -2.82. The monoisotopic (exact) mass is 460 g/mol. The van der Waals surface area contributed by atoms with Gasteiger partial charge in [0.15, 0.2) is 5.82 Å². The highest BCUT2D eigenvalue weighted by molar-refractivity contribution is 7.89. The van der Waals surface area contributed by atoms with Crippen molar-refractivity contribution in [3.8, 4) is 0 Å². The molecule has 3 aromatic heterocycles. The molecule has 1 amide bonds. The van der Waals surface area contributed by atoms with E-state index in [1.165, 1.54) is 22.6 Å². The zero-order valence-corrected chi connectivity index (χ0v) is 18.1. The van der Waals surface area contributed by atoms with Crippen molar-refractivity contribution >= 4 is 33.3 Å². The fraction of sp³-hybridized carbons (Fsp3) is 0.300. The molecule has 1 aliphatic heterocycles. The molecule has 0 saturated carbocycles. The lowest BCUT2D eigenvalue weighted by molar-refractivity contribution is -0.120. The summed E-state index contributed by atoms with van der Waals surface area (Å²) in [6, 6.07) is 8.52.